The van der Waals surface area contributed by atoms with Crippen molar-refractivity contribution in [3.8, 4) is 0 Å². The average molecular weight is 313 g/mol. The minimum Gasteiger partial charge on any atom is -0.288 e. The number of aliphatic imine (C=N–C) groups is 1. The molecule has 0 atom stereocenters. The minimum atomic E-state index is 0.0416. The Morgan fingerprint density at radius 3 is 2.74 bits per heavy atom. The molecule has 4 heteroatoms. The van der Waals surface area contributed by atoms with Gasteiger partial charge in [0.1, 0.15) is 5.84 Å². The lowest BCUT2D eigenvalue weighted by atomic mass is 10.1. The first-order chi connectivity index (χ1) is 9.24. The normalized spacial score (nSPS) is 15.7. The lowest BCUT2D eigenvalue weighted by Crippen LogP contribution is -2.31. The fourth-order valence-corrected chi connectivity index (χ4v) is 3.00. The molecule has 0 N–H and O–H groups in total. The first-order valence-corrected chi connectivity index (χ1v) is 6.82. The first kappa shape index (κ1) is 10.9. The Labute approximate surface area is 118 Å². The molecule has 0 aromatic heterocycles. The Bertz CT molecular complexity index is 752. The number of nitrogens with zero attached hydrogens (tertiary/aromatic N) is 2. The van der Waals surface area contributed by atoms with Gasteiger partial charge in [-0.05, 0) is 29.8 Å². The molecule has 0 saturated carbocycles. The third-order valence-electron chi connectivity index (χ3n) is 3.50. The van der Waals surface area contributed by atoms with E-state index >= 15 is 0 Å². The van der Waals surface area contributed by atoms with Crippen LogP contribution in [0.4, 0.5) is 5.69 Å². The van der Waals surface area contributed by atoms with Crippen molar-refractivity contribution in [2.24, 2.45) is 4.99 Å². The number of amides is 1. The van der Waals surface area contributed by atoms with Gasteiger partial charge in [-0.15, -0.1) is 0 Å². The van der Waals surface area contributed by atoms with E-state index < -0.39 is 0 Å². The maximum Gasteiger partial charge on any atom is 0.260 e. The molecule has 92 valence electrons. The van der Waals surface area contributed by atoms with Gasteiger partial charge in [0.25, 0.3) is 5.91 Å². The van der Waals surface area contributed by atoms with Crippen molar-refractivity contribution in [3.05, 3.63) is 63.6 Å². The molecule has 0 radical (unpaired) electrons. The maximum absolute atomic E-state index is 12.4. The molecule has 0 fully saturated rings. The number of hydrogen-bond donors (Lipinski definition) is 0. The van der Waals surface area contributed by atoms with Gasteiger partial charge in [0.2, 0.25) is 0 Å². The molecule has 1 amide bonds. The molecule has 2 aromatic carbocycles. The Kier molecular flexibility index (Phi) is 2.17. The number of halogens is 1. The Morgan fingerprint density at radius 2 is 1.89 bits per heavy atom. The highest BCUT2D eigenvalue weighted by Crippen LogP contribution is 2.35. The van der Waals surface area contributed by atoms with Crippen molar-refractivity contribution < 1.29 is 4.79 Å². The van der Waals surface area contributed by atoms with Crippen molar-refractivity contribution in [2.75, 3.05) is 0 Å². The second-order valence-corrected chi connectivity index (χ2v) is 5.56. The molecule has 2 heterocycles. The van der Waals surface area contributed by atoms with Gasteiger partial charge in [0.05, 0.1) is 17.8 Å². The van der Waals surface area contributed by atoms with E-state index in [0.717, 1.165) is 32.7 Å². The largest absolute Gasteiger partial charge is 0.288 e. The lowest BCUT2D eigenvalue weighted by molar-refractivity contribution is 0.0852. The van der Waals surface area contributed by atoms with Crippen molar-refractivity contribution in [3.63, 3.8) is 0 Å². The fraction of sp³-hybridized carbons (Fsp3) is 0.0667. The van der Waals surface area contributed by atoms with Crippen LogP contribution in [0.25, 0.3) is 0 Å². The van der Waals surface area contributed by atoms with Crippen LogP contribution in [0.2, 0.25) is 0 Å². The highest BCUT2D eigenvalue weighted by atomic mass is 79.9. The monoisotopic (exact) mass is 312 g/mol. The van der Waals surface area contributed by atoms with E-state index in [-0.39, 0.29) is 5.91 Å². The van der Waals surface area contributed by atoms with Crippen LogP contribution in [0.1, 0.15) is 21.5 Å². The zero-order valence-corrected chi connectivity index (χ0v) is 11.5. The van der Waals surface area contributed by atoms with Crippen molar-refractivity contribution >= 4 is 33.4 Å². The van der Waals surface area contributed by atoms with Crippen LogP contribution in [0, 0.1) is 0 Å². The summed E-state index contributed by atoms with van der Waals surface area (Å²) >= 11 is 3.45. The van der Waals surface area contributed by atoms with Crippen molar-refractivity contribution in [1.82, 2.24) is 4.90 Å². The van der Waals surface area contributed by atoms with E-state index in [1.165, 1.54) is 0 Å². The summed E-state index contributed by atoms with van der Waals surface area (Å²) in [6.45, 7) is 0.584. The molecule has 0 spiro atoms. The molecular weight excluding hydrogens is 304 g/mol. The zero-order chi connectivity index (χ0) is 13.0. The third-order valence-corrected chi connectivity index (χ3v) is 3.99. The Morgan fingerprint density at radius 1 is 1.11 bits per heavy atom. The topological polar surface area (TPSA) is 32.7 Å². The fourth-order valence-electron chi connectivity index (χ4n) is 2.59. The standard InChI is InChI=1S/C15H9BrN2O/c16-10-5-6-13-9(7-10)8-18-14(17-13)11-3-1-2-4-12(11)15(18)19/h1-7H,8H2. The van der Waals surface area contributed by atoms with Crippen LogP contribution < -0.4 is 0 Å². The summed E-state index contributed by atoms with van der Waals surface area (Å²) in [6, 6.07) is 13.6. The summed E-state index contributed by atoms with van der Waals surface area (Å²) in [5.74, 6) is 0.815. The smallest absolute Gasteiger partial charge is 0.260 e. The van der Waals surface area contributed by atoms with E-state index in [1.54, 1.807) is 4.90 Å². The zero-order valence-electron chi connectivity index (χ0n) is 9.93. The molecule has 0 saturated heterocycles. The molecule has 0 aliphatic carbocycles. The number of carbonyl (C=O) groups is 1. The van der Waals surface area contributed by atoms with Crippen LogP contribution in [0.3, 0.4) is 0 Å². The summed E-state index contributed by atoms with van der Waals surface area (Å²) < 4.78 is 1.01. The van der Waals surface area contributed by atoms with Gasteiger partial charge in [-0.3, -0.25) is 9.69 Å². The summed E-state index contributed by atoms with van der Waals surface area (Å²) in [6.07, 6.45) is 0. The number of benzene rings is 2. The number of amidine groups is 1. The second-order valence-electron chi connectivity index (χ2n) is 4.65. The molecular formula is C15H9BrN2O. The Balaban J connectivity index is 1.94. The highest BCUT2D eigenvalue weighted by Gasteiger charge is 2.35. The molecule has 2 aliphatic heterocycles. The summed E-state index contributed by atoms with van der Waals surface area (Å²) in [4.78, 5) is 18.7. The predicted molar refractivity (Wildman–Crippen MR) is 76.7 cm³/mol. The van der Waals surface area contributed by atoms with Gasteiger partial charge in [-0.2, -0.15) is 0 Å². The summed E-state index contributed by atoms with van der Waals surface area (Å²) in [7, 11) is 0. The van der Waals surface area contributed by atoms with Crippen LogP contribution in [0.5, 0.6) is 0 Å². The summed E-state index contributed by atoms with van der Waals surface area (Å²) in [5, 5.41) is 0. The number of fused-ring (bicyclic) bond motifs is 4. The molecule has 4 rings (SSSR count). The molecule has 3 nitrogen and oxygen atoms in total. The van der Waals surface area contributed by atoms with Gasteiger partial charge in [0.15, 0.2) is 0 Å². The predicted octanol–water partition coefficient (Wildman–Crippen LogP) is 3.50. The maximum atomic E-state index is 12.4. The number of carbonyl (C=O) groups excluding carboxylic acids is 1. The van der Waals surface area contributed by atoms with Crippen LogP contribution in [-0.2, 0) is 6.54 Å². The van der Waals surface area contributed by atoms with Crippen LogP contribution in [-0.4, -0.2) is 16.6 Å². The number of hydrogen-bond acceptors (Lipinski definition) is 2. The van der Waals surface area contributed by atoms with E-state index in [4.69, 9.17) is 0 Å². The molecule has 2 aliphatic rings. The Hall–Kier alpha value is -1.94. The quantitative estimate of drug-likeness (QED) is 0.733. The van der Waals surface area contributed by atoms with Crippen LogP contribution >= 0.6 is 15.9 Å². The van der Waals surface area contributed by atoms with E-state index in [1.807, 2.05) is 42.5 Å². The molecule has 2 aromatic rings. The van der Waals surface area contributed by atoms with Gasteiger partial charge >= 0.3 is 0 Å². The first-order valence-electron chi connectivity index (χ1n) is 6.02. The van der Waals surface area contributed by atoms with Gasteiger partial charge in [-0.25, -0.2) is 4.99 Å². The van der Waals surface area contributed by atoms with Gasteiger partial charge < -0.3 is 0 Å². The highest BCUT2D eigenvalue weighted by molar-refractivity contribution is 9.10. The van der Waals surface area contributed by atoms with Crippen LogP contribution in [0.15, 0.2) is 51.9 Å². The second kappa shape index (κ2) is 3.78. The molecule has 0 bridgehead atoms. The van der Waals surface area contributed by atoms with Gasteiger partial charge in [0, 0.05) is 10.0 Å². The minimum absolute atomic E-state index is 0.0416. The third kappa shape index (κ3) is 1.50. The van der Waals surface area contributed by atoms with E-state index in [9.17, 15) is 4.79 Å². The van der Waals surface area contributed by atoms with E-state index in [2.05, 4.69) is 20.9 Å². The average Bonchev–Trinajstić information content (AvgIpc) is 2.70. The SMILES string of the molecule is O=C1c2ccccc2C2=Nc3ccc(Br)cc3CN12. The number of rotatable bonds is 0. The lowest BCUT2D eigenvalue weighted by Gasteiger charge is -2.23. The van der Waals surface area contributed by atoms with Crippen molar-refractivity contribution in [1.29, 1.82) is 0 Å². The molecule has 0 unspecified atom stereocenters. The van der Waals surface area contributed by atoms with Crippen molar-refractivity contribution in [2.45, 2.75) is 6.54 Å². The summed E-state index contributed by atoms with van der Waals surface area (Å²) in [5.41, 5.74) is 3.69. The van der Waals surface area contributed by atoms with E-state index in [0.29, 0.717) is 6.54 Å². The van der Waals surface area contributed by atoms with Gasteiger partial charge in [-0.1, -0.05) is 34.1 Å². The molecule has 19 heavy (non-hydrogen) atoms.